The number of ether oxygens (including phenoxy) is 1. The van der Waals surface area contributed by atoms with E-state index in [-0.39, 0.29) is 24.0 Å². The summed E-state index contributed by atoms with van der Waals surface area (Å²) >= 11 is 0. The van der Waals surface area contributed by atoms with E-state index >= 15 is 0 Å². The molecule has 0 saturated carbocycles. The Hall–Kier alpha value is -0.860. The van der Waals surface area contributed by atoms with Gasteiger partial charge in [0.15, 0.2) is 5.96 Å². The Bertz CT molecular complexity index is 572. The van der Waals surface area contributed by atoms with E-state index < -0.39 is 0 Å². The molecule has 1 aromatic carbocycles. The molecule has 1 atom stereocenters. The number of morpholine rings is 1. The first-order chi connectivity index (χ1) is 11.7. The van der Waals surface area contributed by atoms with Gasteiger partial charge in [-0.1, -0.05) is 32.0 Å². The van der Waals surface area contributed by atoms with E-state index in [4.69, 9.17) is 4.74 Å². The summed E-state index contributed by atoms with van der Waals surface area (Å²) in [5.74, 6) is 1.58. The largest absolute Gasteiger partial charge is 0.379 e. The summed E-state index contributed by atoms with van der Waals surface area (Å²) in [5, 5.41) is 3.62. The van der Waals surface area contributed by atoms with Gasteiger partial charge in [0, 0.05) is 45.0 Å². The number of benzene rings is 1. The van der Waals surface area contributed by atoms with E-state index in [0.717, 1.165) is 51.8 Å². The lowest BCUT2D eigenvalue weighted by atomic mass is 10.0. The van der Waals surface area contributed by atoms with Crippen LogP contribution in [-0.4, -0.2) is 63.3 Å². The lowest BCUT2D eigenvalue weighted by Gasteiger charge is -2.37. The molecule has 1 fully saturated rings. The fourth-order valence-electron chi connectivity index (χ4n) is 3.74. The predicted octanol–water partition coefficient (Wildman–Crippen LogP) is 2.60. The average Bonchev–Trinajstić information content (AvgIpc) is 3.03. The fourth-order valence-corrected chi connectivity index (χ4v) is 3.74. The van der Waals surface area contributed by atoms with Crippen molar-refractivity contribution < 1.29 is 4.74 Å². The second kappa shape index (κ2) is 9.73. The highest BCUT2D eigenvalue weighted by Crippen LogP contribution is 2.27. The van der Waals surface area contributed by atoms with Gasteiger partial charge in [-0.05, 0) is 24.0 Å². The number of guanidine groups is 1. The molecule has 2 heterocycles. The zero-order valence-corrected chi connectivity index (χ0v) is 17.9. The van der Waals surface area contributed by atoms with Crippen molar-refractivity contribution in [3.05, 3.63) is 29.8 Å². The van der Waals surface area contributed by atoms with E-state index in [2.05, 4.69) is 58.2 Å². The van der Waals surface area contributed by atoms with E-state index in [9.17, 15) is 0 Å². The molecule has 1 N–H and O–H groups in total. The summed E-state index contributed by atoms with van der Waals surface area (Å²) in [6, 6.07) is 9.13. The van der Waals surface area contributed by atoms with E-state index in [1.807, 2.05) is 7.05 Å². The smallest absolute Gasteiger partial charge is 0.198 e. The molecule has 6 heteroatoms. The van der Waals surface area contributed by atoms with Gasteiger partial charge in [-0.15, -0.1) is 24.0 Å². The minimum absolute atomic E-state index is 0. The second-order valence-corrected chi connectivity index (χ2v) is 6.92. The molecule has 2 aliphatic heterocycles. The molecule has 25 heavy (non-hydrogen) atoms. The minimum Gasteiger partial charge on any atom is -0.379 e. The molecular formula is C19H31IN4O. The zero-order valence-electron chi connectivity index (χ0n) is 15.6. The quantitative estimate of drug-likeness (QED) is 0.428. The zero-order chi connectivity index (χ0) is 16.9. The molecule has 0 aromatic heterocycles. The van der Waals surface area contributed by atoms with Crippen LogP contribution < -0.4 is 10.2 Å². The van der Waals surface area contributed by atoms with Gasteiger partial charge in [0.1, 0.15) is 0 Å². The van der Waals surface area contributed by atoms with Gasteiger partial charge in [-0.2, -0.15) is 0 Å². The maximum Gasteiger partial charge on any atom is 0.198 e. The number of rotatable bonds is 4. The van der Waals surface area contributed by atoms with Gasteiger partial charge in [0.25, 0.3) is 0 Å². The molecule has 140 valence electrons. The van der Waals surface area contributed by atoms with Gasteiger partial charge in [0.2, 0.25) is 0 Å². The fraction of sp³-hybridized carbons (Fsp3) is 0.632. The number of halogens is 1. The highest BCUT2D eigenvalue weighted by atomic mass is 127. The standard InChI is InChI=1S/C19H30N4O.HI/c1-15(2)18(22-10-12-24-13-11-22)14-21-19(20-3)23-9-8-16-6-4-5-7-17(16)23;/h4-7,15,18H,8-14H2,1-3H3,(H,20,21);1H. The molecule has 0 bridgehead atoms. The van der Waals surface area contributed by atoms with Crippen LogP contribution >= 0.6 is 24.0 Å². The highest BCUT2D eigenvalue weighted by Gasteiger charge is 2.26. The summed E-state index contributed by atoms with van der Waals surface area (Å²) in [6.45, 7) is 10.3. The number of nitrogens with zero attached hydrogens (tertiary/aromatic N) is 3. The number of anilines is 1. The summed E-state index contributed by atoms with van der Waals surface area (Å²) in [4.78, 5) is 9.39. The first kappa shape index (κ1) is 20.5. The van der Waals surface area contributed by atoms with Crippen molar-refractivity contribution in [3.63, 3.8) is 0 Å². The number of hydrogen-bond acceptors (Lipinski definition) is 3. The van der Waals surface area contributed by atoms with Crippen molar-refractivity contribution >= 4 is 35.6 Å². The van der Waals surface area contributed by atoms with E-state index in [1.165, 1.54) is 11.3 Å². The van der Waals surface area contributed by atoms with Crippen LogP contribution in [0.5, 0.6) is 0 Å². The van der Waals surface area contributed by atoms with Gasteiger partial charge >= 0.3 is 0 Å². The monoisotopic (exact) mass is 458 g/mol. The molecule has 0 spiro atoms. The Morgan fingerprint density at radius 2 is 1.92 bits per heavy atom. The third kappa shape index (κ3) is 4.86. The summed E-state index contributed by atoms with van der Waals surface area (Å²) in [7, 11) is 1.88. The molecule has 0 amide bonds. The first-order valence-corrected chi connectivity index (χ1v) is 9.08. The maximum absolute atomic E-state index is 5.50. The van der Waals surface area contributed by atoms with Crippen molar-refractivity contribution in [1.29, 1.82) is 0 Å². The number of nitrogens with one attached hydrogen (secondary N) is 1. The lowest BCUT2D eigenvalue weighted by molar-refractivity contribution is 0.00754. The minimum atomic E-state index is 0. The van der Waals surface area contributed by atoms with Crippen LogP contribution in [-0.2, 0) is 11.2 Å². The van der Waals surface area contributed by atoms with Crippen LogP contribution in [0, 0.1) is 5.92 Å². The second-order valence-electron chi connectivity index (χ2n) is 6.92. The molecule has 2 aliphatic rings. The van der Waals surface area contributed by atoms with Gasteiger partial charge in [-0.3, -0.25) is 9.89 Å². The SMILES string of the molecule is CN=C(NCC(C(C)C)N1CCOCC1)N1CCc2ccccc21.I. The molecule has 3 rings (SSSR count). The van der Waals surface area contributed by atoms with Crippen LogP contribution in [0.25, 0.3) is 0 Å². The van der Waals surface area contributed by atoms with Crippen molar-refractivity contribution in [2.45, 2.75) is 26.3 Å². The average molecular weight is 458 g/mol. The molecule has 1 saturated heterocycles. The number of hydrogen-bond donors (Lipinski definition) is 1. The van der Waals surface area contributed by atoms with Crippen molar-refractivity contribution in [2.75, 3.05) is 51.3 Å². The van der Waals surface area contributed by atoms with Crippen LogP contribution in [0.3, 0.4) is 0 Å². The molecule has 5 nitrogen and oxygen atoms in total. The van der Waals surface area contributed by atoms with Crippen LogP contribution in [0.4, 0.5) is 5.69 Å². The number of aliphatic imine (C=N–C) groups is 1. The van der Waals surface area contributed by atoms with Crippen molar-refractivity contribution in [2.24, 2.45) is 10.9 Å². The van der Waals surface area contributed by atoms with Crippen molar-refractivity contribution in [1.82, 2.24) is 10.2 Å². The lowest BCUT2D eigenvalue weighted by Crippen LogP contribution is -2.53. The Labute approximate surface area is 168 Å². The van der Waals surface area contributed by atoms with E-state index in [0.29, 0.717) is 12.0 Å². The number of fused-ring (bicyclic) bond motifs is 1. The molecule has 1 unspecified atom stereocenters. The third-order valence-electron chi connectivity index (χ3n) is 5.11. The number of para-hydroxylation sites is 1. The first-order valence-electron chi connectivity index (χ1n) is 9.08. The van der Waals surface area contributed by atoms with Gasteiger partial charge in [-0.25, -0.2) is 0 Å². The Kier molecular flexibility index (Phi) is 7.96. The molecule has 0 radical (unpaired) electrons. The van der Waals surface area contributed by atoms with Crippen molar-refractivity contribution in [3.8, 4) is 0 Å². The molecular weight excluding hydrogens is 427 g/mol. The Morgan fingerprint density at radius 3 is 2.60 bits per heavy atom. The summed E-state index contributed by atoms with van der Waals surface area (Å²) in [5.41, 5.74) is 2.70. The Balaban J connectivity index is 0.00000225. The predicted molar refractivity (Wildman–Crippen MR) is 115 cm³/mol. The maximum atomic E-state index is 5.50. The topological polar surface area (TPSA) is 40.1 Å². The highest BCUT2D eigenvalue weighted by molar-refractivity contribution is 14.0. The van der Waals surface area contributed by atoms with Gasteiger partial charge in [0.05, 0.1) is 13.2 Å². The molecule has 0 aliphatic carbocycles. The normalized spacial score (nSPS) is 19.5. The molecule has 1 aromatic rings. The third-order valence-corrected chi connectivity index (χ3v) is 5.11. The summed E-state index contributed by atoms with van der Waals surface area (Å²) in [6.07, 6.45) is 1.09. The Morgan fingerprint density at radius 1 is 1.20 bits per heavy atom. The summed E-state index contributed by atoms with van der Waals surface area (Å²) < 4.78 is 5.50. The van der Waals surface area contributed by atoms with Crippen LogP contribution in [0.15, 0.2) is 29.3 Å². The van der Waals surface area contributed by atoms with Crippen LogP contribution in [0.1, 0.15) is 19.4 Å². The van der Waals surface area contributed by atoms with Crippen LogP contribution in [0.2, 0.25) is 0 Å². The van der Waals surface area contributed by atoms with Gasteiger partial charge < -0.3 is 15.0 Å². The van der Waals surface area contributed by atoms with E-state index in [1.54, 1.807) is 0 Å².